The van der Waals surface area contributed by atoms with Crippen LogP contribution in [0.1, 0.15) is 29.2 Å². The van der Waals surface area contributed by atoms with E-state index < -0.39 is 0 Å². The first-order valence-corrected chi connectivity index (χ1v) is 8.28. The largest absolute Gasteiger partial charge is 0.352 e. The van der Waals surface area contributed by atoms with E-state index in [1.165, 1.54) is 17.7 Å². The van der Waals surface area contributed by atoms with E-state index in [4.69, 9.17) is 0 Å². The molecule has 2 aliphatic rings. The predicted molar refractivity (Wildman–Crippen MR) is 88.3 cm³/mol. The Morgan fingerprint density at radius 1 is 1.26 bits per heavy atom. The van der Waals surface area contributed by atoms with Crippen LogP contribution in [0.5, 0.6) is 0 Å². The molecular weight excluding hydrogens is 288 g/mol. The van der Waals surface area contributed by atoms with Gasteiger partial charge in [0.05, 0.1) is 11.4 Å². The van der Waals surface area contributed by atoms with Crippen molar-refractivity contribution in [3.8, 4) is 0 Å². The zero-order valence-electron chi connectivity index (χ0n) is 13.7. The molecule has 2 aromatic heterocycles. The molecule has 0 aromatic carbocycles. The van der Waals surface area contributed by atoms with Gasteiger partial charge >= 0.3 is 0 Å². The number of aromatic nitrogens is 4. The predicted octanol–water partition coefficient (Wildman–Crippen LogP) is 1.38. The summed E-state index contributed by atoms with van der Waals surface area (Å²) in [4.78, 5) is 13.3. The maximum absolute atomic E-state index is 4.48. The lowest BCUT2D eigenvalue weighted by Gasteiger charge is -2.44. The zero-order chi connectivity index (χ0) is 15.8. The Balaban J connectivity index is 1.35. The van der Waals surface area contributed by atoms with E-state index in [1.807, 2.05) is 19.2 Å². The monoisotopic (exact) mass is 310 g/mol. The van der Waals surface area contributed by atoms with Gasteiger partial charge in [-0.1, -0.05) is 0 Å². The minimum Gasteiger partial charge on any atom is -0.352 e. The van der Waals surface area contributed by atoms with Crippen LogP contribution < -0.4 is 4.90 Å². The molecule has 0 amide bonds. The quantitative estimate of drug-likeness (QED) is 0.850. The van der Waals surface area contributed by atoms with Crippen LogP contribution in [0.15, 0.2) is 18.3 Å². The lowest BCUT2D eigenvalue weighted by molar-refractivity contribution is 0.194. The van der Waals surface area contributed by atoms with Crippen molar-refractivity contribution in [1.29, 1.82) is 0 Å². The van der Waals surface area contributed by atoms with Crippen molar-refractivity contribution in [3.63, 3.8) is 0 Å². The van der Waals surface area contributed by atoms with E-state index in [2.05, 4.69) is 43.1 Å². The van der Waals surface area contributed by atoms with Crippen molar-refractivity contribution in [2.24, 2.45) is 0 Å². The summed E-state index contributed by atoms with van der Waals surface area (Å²) in [5.41, 5.74) is 3.67. The van der Waals surface area contributed by atoms with Gasteiger partial charge in [0.2, 0.25) is 0 Å². The Morgan fingerprint density at radius 2 is 2.13 bits per heavy atom. The van der Waals surface area contributed by atoms with Gasteiger partial charge in [-0.3, -0.25) is 4.90 Å². The molecule has 23 heavy (non-hydrogen) atoms. The summed E-state index contributed by atoms with van der Waals surface area (Å²) in [5, 5.41) is 8.79. The van der Waals surface area contributed by atoms with Crippen molar-refractivity contribution in [2.45, 2.75) is 38.8 Å². The molecule has 0 unspecified atom stereocenters. The summed E-state index contributed by atoms with van der Waals surface area (Å²) in [5.74, 6) is 1.87. The lowest BCUT2D eigenvalue weighted by atomic mass is 10.1. The lowest BCUT2D eigenvalue weighted by Crippen LogP contribution is -2.58. The van der Waals surface area contributed by atoms with Crippen LogP contribution in [0.25, 0.3) is 0 Å². The molecule has 1 aliphatic heterocycles. The third-order valence-electron chi connectivity index (χ3n) is 4.86. The third-order valence-corrected chi connectivity index (χ3v) is 4.86. The van der Waals surface area contributed by atoms with Gasteiger partial charge < -0.3 is 4.90 Å². The molecule has 1 fully saturated rings. The summed E-state index contributed by atoms with van der Waals surface area (Å²) < 4.78 is 0. The standard InChI is InChI=1S/C17H22N6/c1-12-18-7-6-14(19-12)9-22(2)15-10-23(11-15)17-8-13-4-3-5-16(13)20-21-17/h6-8,15H,3-5,9-11H2,1-2H3. The second-order valence-corrected chi connectivity index (χ2v) is 6.60. The topological polar surface area (TPSA) is 58.0 Å². The van der Waals surface area contributed by atoms with E-state index in [0.29, 0.717) is 6.04 Å². The molecule has 120 valence electrons. The van der Waals surface area contributed by atoms with Gasteiger partial charge in [-0.2, -0.15) is 5.10 Å². The van der Waals surface area contributed by atoms with Crippen LogP contribution in [-0.4, -0.2) is 51.2 Å². The van der Waals surface area contributed by atoms with E-state index in [0.717, 1.165) is 49.8 Å². The van der Waals surface area contributed by atoms with Crippen LogP contribution in [0.2, 0.25) is 0 Å². The molecule has 0 radical (unpaired) electrons. The highest BCUT2D eigenvalue weighted by atomic mass is 15.4. The molecule has 6 heteroatoms. The first kappa shape index (κ1) is 14.5. The van der Waals surface area contributed by atoms with E-state index in [1.54, 1.807) is 0 Å². The normalized spacial score (nSPS) is 17.4. The first-order valence-electron chi connectivity index (χ1n) is 8.28. The van der Waals surface area contributed by atoms with Crippen molar-refractivity contribution in [2.75, 3.05) is 25.0 Å². The summed E-state index contributed by atoms with van der Waals surface area (Å²) in [7, 11) is 2.16. The molecule has 4 rings (SSSR count). The Hall–Kier alpha value is -2.08. The molecule has 0 saturated carbocycles. The number of fused-ring (bicyclic) bond motifs is 1. The molecule has 0 atom stereocenters. The Kier molecular flexibility index (Phi) is 3.69. The molecule has 1 aliphatic carbocycles. The summed E-state index contributed by atoms with van der Waals surface area (Å²) in [6, 6.07) is 4.77. The van der Waals surface area contributed by atoms with Gasteiger partial charge in [-0.15, -0.1) is 5.10 Å². The number of hydrogen-bond acceptors (Lipinski definition) is 6. The number of nitrogens with zero attached hydrogens (tertiary/aromatic N) is 6. The number of hydrogen-bond donors (Lipinski definition) is 0. The molecule has 3 heterocycles. The van der Waals surface area contributed by atoms with Gasteiger partial charge in [-0.25, -0.2) is 9.97 Å². The summed E-state index contributed by atoms with van der Waals surface area (Å²) in [6.45, 7) is 4.81. The van der Waals surface area contributed by atoms with Gasteiger partial charge in [0.15, 0.2) is 5.82 Å². The Morgan fingerprint density at radius 3 is 2.96 bits per heavy atom. The average Bonchev–Trinajstić information content (AvgIpc) is 2.93. The zero-order valence-corrected chi connectivity index (χ0v) is 13.7. The van der Waals surface area contributed by atoms with Gasteiger partial charge in [0.25, 0.3) is 0 Å². The second kappa shape index (κ2) is 5.85. The van der Waals surface area contributed by atoms with Gasteiger partial charge in [0, 0.05) is 31.9 Å². The van der Waals surface area contributed by atoms with Crippen molar-refractivity contribution in [1.82, 2.24) is 25.1 Å². The summed E-state index contributed by atoms with van der Waals surface area (Å²) >= 11 is 0. The molecule has 0 spiro atoms. The van der Waals surface area contributed by atoms with Crippen molar-refractivity contribution in [3.05, 3.63) is 41.1 Å². The fraction of sp³-hybridized carbons (Fsp3) is 0.529. The molecular formula is C17H22N6. The molecule has 0 N–H and O–H groups in total. The Bertz CT molecular complexity index is 710. The Labute approximate surface area is 136 Å². The first-order chi connectivity index (χ1) is 11.2. The van der Waals surface area contributed by atoms with Crippen molar-refractivity contribution < 1.29 is 0 Å². The van der Waals surface area contributed by atoms with Gasteiger partial charge in [-0.05, 0) is 50.9 Å². The maximum atomic E-state index is 4.48. The van der Waals surface area contributed by atoms with E-state index in [-0.39, 0.29) is 0 Å². The average molecular weight is 310 g/mol. The van der Waals surface area contributed by atoms with E-state index in [9.17, 15) is 0 Å². The summed E-state index contributed by atoms with van der Waals surface area (Å²) in [6.07, 6.45) is 5.30. The molecule has 0 bridgehead atoms. The molecule has 6 nitrogen and oxygen atoms in total. The van der Waals surface area contributed by atoms with Crippen LogP contribution in [0.3, 0.4) is 0 Å². The smallest absolute Gasteiger partial charge is 0.151 e. The number of likely N-dealkylation sites (N-methyl/N-ethyl adjacent to an activating group) is 1. The minimum absolute atomic E-state index is 0.542. The maximum Gasteiger partial charge on any atom is 0.151 e. The molecule has 1 saturated heterocycles. The highest BCUT2D eigenvalue weighted by Crippen LogP contribution is 2.26. The fourth-order valence-electron chi connectivity index (χ4n) is 3.37. The van der Waals surface area contributed by atoms with Gasteiger partial charge in [0.1, 0.15) is 5.82 Å². The highest BCUT2D eigenvalue weighted by Gasteiger charge is 2.31. The highest BCUT2D eigenvalue weighted by molar-refractivity contribution is 5.45. The third kappa shape index (κ3) is 2.91. The second-order valence-electron chi connectivity index (χ2n) is 6.60. The van der Waals surface area contributed by atoms with Crippen molar-refractivity contribution >= 4 is 5.82 Å². The minimum atomic E-state index is 0.542. The number of aryl methyl sites for hydroxylation is 3. The van der Waals surface area contributed by atoms with Crippen LogP contribution in [0.4, 0.5) is 5.82 Å². The number of anilines is 1. The van der Waals surface area contributed by atoms with Crippen LogP contribution >= 0.6 is 0 Å². The van der Waals surface area contributed by atoms with E-state index >= 15 is 0 Å². The molecule has 2 aromatic rings. The number of rotatable bonds is 4. The fourth-order valence-corrected chi connectivity index (χ4v) is 3.37. The van der Waals surface area contributed by atoms with Crippen LogP contribution in [0, 0.1) is 6.92 Å². The van der Waals surface area contributed by atoms with Crippen LogP contribution in [-0.2, 0) is 19.4 Å². The SMILES string of the molecule is Cc1nccc(CN(C)C2CN(c3cc4c(nn3)CCC4)C2)n1.